The number of carbonyl (C=O) groups excluding carboxylic acids is 1. The Morgan fingerprint density at radius 1 is 0.909 bits per heavy atom. The molecule has 3 aromatic rings. The van der Waals surface area contributed by atoms with Gasteiger partial charge >= 0.3 is 0 Å². The summed E-state index contributed by atoms with van der Waals surface area (Å²) in [5.41, 5.74) is 3.16. The van der Waals surface area contributed by atoms with Gasteiger partial charge in [-0.05, 0) is 59.7 Å². The molecule has 0 spiro atoms. The Labute approximate surface area is 194 Å². The van der Waals surface area contributed by atoms with Crippen molar-refractivity contribution in [1.82, 2.24) is 14.4 Å². The third-order valence-corrected chi connectivity index (χ3v) is 8.12. The van der Waals surface area contributed by atoms with Crippen LogP contribution in [0.25, 0.3) is 21.9 Å². The number of hydrogen-bond acceptors (Lipinski definition) is 3. The van der Waals surface area contributed by atoms with Crippen LogP contribution >= 0.6 is 0 Å². The highest BCUT2D eigenvalue weighted by molar-refractivity contribution is 5.87. The molecule has 1 amide bonds. The lowest BCUT2D eigenvalue weighted by molar-refractivity contribution is -0.130. The van der Waals surface area contributed by atoms with Crippen molar-refractivity contribution >= 4 is 16.7 Å². The van der Waals surface area contributed by atoms with Crippen molar-refractivity contribution in [3.8, 4) is 11.1 Å². The van der Waals surface area contributed by atoms with E-state index < -0.39 is 0 Å². The first-order valence-corrected chi connectivity index (χ1v) is 12.3. The van der Waals surface area contributed by atoms with Crippen LogP contribution < -0.4 is 5.56 Å². The minimum atomic E-state index is 0.153. The van der Waals surface area contributed by atoms with Gasteiger partial charge < -0.3 is 9.47 Å². The minimum Gasteiger partial charge on any atom is -0.343 e. The molecule has 0 radical (unpaired) electrons. The fourth-order valence-corrected chi connectivity index (χ4v) is 6.40. The van der Waals surface area contributed by atoms with Gasteiger partial charge in [-0.3, -0.25) is 14.5 Å². The van der Waals surface area contributed by atoms with E-state index in [2.05, 4.69) is 45.9 Å². The number of likely N-dealkylation sites (tertiary alicyclic amines) is 2. The molecule has 4 heterocycles. The Morgan fingerprint density at radius 2 is 1.70 bits per heavy atom. The third kappa shape index (κ3) is 3.68. The number of benzene rings is 2. The largest absolute Gasteiger partial charge is 0.343 e. The molecule has 6 rings (SSSR count). The van der Waals surface area contributed by atoms with Crippen LogP contribution in [0.15, 0.2) is 59.4 Å². The highest BCUT2D eigenvalue weighted by Crippen LogP contribution is 2.37. The lowest BCUT2D eigenvalue weighted by atomic mass is 9.81. The Balaban J connectivity index is 1.26. The van der Waals surface area contributed by atoms with Crippen molar-refractivity contribution in [1.29, 1.82) is 0 Å². The Morgan fingerprint density at radius 3 is 2.48 bits per heavy atom. The predicted molar refractivity (Wildman–Crippen MR) is 131 cm³/mol. The Kier molecular flexibility index (Phi) is 5.10. The fraction of sp³-hybridized carbons (Fsp3) is 0.429. The molecule has 5 nitrogen and oxygen atoms in total. The van der Waals surface area contributed by atoms with Gasteiger partial charge in [0.1, 0.15) is 0 Å². The van der Waals surface area contributed by atoms with E-state index in [4.69, 9.17) is 0 Å². The smallest absolute Gasteiger partial charge is 0.258 e. The van der Waals surface area contributed by atoms with Crippen LogP contribution in [0.3, 0.4) is 0 Å². The molecule has 1 aromatic heterocycles. The van der Waals surface area contributed by atoms with Crippen LogP contribution in [0.1, 0.15) is 37.8 Å². The van der Waals surface area contributed by atoms with Crippen molar-refractivity contribution in [3.05, 3.63) is 70.6 Å². The highest BCUT2D eigenvalue weighted by Gasteiger charge is 2.38. The van der Waals surface area contributed by atoms with Gasteiger partial charge in [0.2, 0.25) is 5.91 Å². The Bertz CT molecular complexity index is 1270. The molecule has 2 atom stereocenters. The molecule has 0 saturated carbocycles. The number of piperidine rings is 2. The molecule has 2 aromatic carbocycles. The van der Waals surface area contributed by atoms with E-state index in [0.717, 1.165) is 56.7 Å². The lowest BCUT2D eigenvalue weighted by Crippen LogP contribution is -2.53. The number of carbonyl (C=O) groups is 1. The second-order valence-electron chi connectivity index (χ2n) is 10.1. The standard InChI is InChI=1S/C28H31N3O2/c1-19(32)29-12-10-25(11-13-29)30-16-20-14-24(18-30)27-9-8-26(28(33)31(27)17-20)23-7-6-21-4-2-3-5-22(21)15-23/h2-9,15,20,24-25H,10-14,16-18H2,1H3. The zero-order valence-corrected chi connectivity index (χ0v) is 19.2. The zero-order chi connectivity index (χ0) is 22.5. The van der Waals surface area contributed by atoms with Crippen LogP contribution in [-0.4, -0.2) is 52.5 Å². The number of nitrogens with zero attached hydrogens (tertiary/aromatic N) is 3. The molecule has 170 valence electrons. The molecule has 2 fully saturated rings. The highest BCUT2D eigenvalue weighted by atomic mass is 16.2. The van der Waals surface area contributed by atoms with E-state index in [1.807, 2.05) is 23.1 Å². The van der Waals surface area contributed by atoms with Crippen molar-refractivity contribution in [2.45, 2.75) is 44.7 Å². The first kappa shape index (κ1) is 20.7. The van der Waals surface area contributed by atoms with Crippen molar-refractivity contribution in [2.75, 3.05) is 26.2 Å². The van der Waals surface area contributed by atoms with Gasteiger partial charge in [0.15, 0.2) is 0 Å². The summed E-state index contributed by atoms with van der Waals surface area (Å²) in [6, 6.07) is 19.4. The second kappa shape index (κ2) is 8.14. The normalized spacial score (nSPS) is 23.5. The summed E-state index contributed by atoms with van der Waals surface area (Å²) in [7, 11) is 0. The number of amides is 1. The zero-order valence-electron chi connectivity index (χ0n) is 19.2. The predicted octanol–water partition coefficient (Wildman–Crippen LogP) is 4.10. The van der Waals surface area contributed by atoms with Crippen LogP contribution in [0.2, 0.25) is 0 Å². The maximum Gasteiger partial charge on any atom is 0.258 e. The van der Waals surface area contributed by atoms with Gasteiger partial charge in [0, 0.05) is 62.9 Å². The molecular weight excluding hydrogens is 410 g/mol. The molecule has 3 aliphatic rings. The van der Waals surface area contributed by atoms with E-state index in [1.54, 1.807) is 6.92 Å². The van der Waals surface area contributed by atoms with Gasteiger partial charge in [-0.2, -0.15) is 0 Å². The van der Waals surface area contributed by atoms with E-state index in [-0.39, 0.29) is 11.5 Å². The molecule has 5 heteroatoms. The summed E-state index contributed by atoms with van der Waals surface area (Å²) in [5.74, 6) is 1.13. The van der Waals surface area contributed by atoms with Crippen molar-refractivity contribution < 1.29 is 4.79 Å². The summed E-state index contributed by atoms with van der Waals surface area (Å²) < 4.78 is 2.07. The van der Waals surface area contributed by atoms with E-state index in [1.165, 1.54) is 22.9 Å². The van der Waals surface area contributed by atoms with E-state index >= 15 is 0 Å². The van der Waals surface area contributed by atoms with Crippen LogP contribution in [0.5, 0.6) is 0 Å². The van der Waals surface area contributed by atoms with Gasteiger partial charge in [-0.15, -0.1) is 0 Å². The number of fused-ring (bicyclic) bond motifs is 5. The Hall–Kier alpha value is -2.92. The second-order valence-corrected chi connectivity index (χ2v) is 10.1. The van der Waals surface area contributed by atoms with E-state index in [0.29, 0.717) is 17.9 Å². The summed E-state index contributed by atoms with van der Waals surface area (Å²) in [6.07, 6.45) is 3.30. The van der Waals surface area contributed by atoms with Crippen molar-refractivity contribution in [2.24, 2.45) is 5.92 Å². The number of pyridine rings is 1. The van der Waals surface area contributed by atoms with Gasteiger partial charge in [0.05, 0.1) is 0 Å². The van der Waals surface area contributed by atoms with Crippen LogP contribution in [0, 0.1) is 5.92 Å². The quantitative estimate of drug-likeness (QED) is 0.602. The molecule has 2 saturated heterocycles. The van der Waals surface area contributed by atoms with E-state index in [9.17, 15) is 9.59 Å². The third-order valence-electron chi connectivity index (χ3n) is 8.12. The van der Waals surface area contributed by atoms with Gasteiger partial charge in [-0.25, -0.2) is 0 Å². The lowest BCUT2D eigenvalue weighted by Gasteiger charge is -2.47. The molecule has 2 unspecified atom stereocenters. The SMILES string of the molecule is CC(=O)N1CCC(N2CC3CC(C2)c2ccc(-c4ccc5ccccc5c4)c(=O)n2C3)CC1. The molecule has 2 bridgehead atoms. The molecule has 33 heavy (non-hydrogen) atoms. The fourth-order valence-electron chi connectivity index (χ4n) is 6.40. The first-order chi connectivity index (χ1) is 16.1. The first-order valence-electron chi connectivity index (χ1n) is 12.3. The summed E-state index contributed by atoms with van der Waals surface area (Å²) in [5, 5.41) is 2.36. The minimum absolute atomic E-state index is 0.153. The molecule has 3 aliphatic heterocycles. The topological polar surface area (TPSA) is 45.6 Å². The van der Waals surface area contributed by atoms with Gasteiger partial charge in [0.25, 0.3) is 5.56 Å². The maximum absolute atomic E-state index is 13.6. The number of rotatable bonds is 2. The molecule has 0 N–H and O–H groups in total. The monoisotopic (exact) mass is 441 g/mol. The van der Waals surface area contributed by atoms with Crippen molar-refractivity contribution in [3.63, 3.8) is 0 Å². The summed E-state index contributed by atoms with van der Waals surface area (Å²) in [4.78, 5) is 29.9. The average Bonchev–Trinajstić information content (AvgIpc) is 2.84. The summed E-state index contributed by atoms with van der Waals surface area (Å²) in [6.45, 7) is 6.32. The number of hydrogen-bond donors (Lipinski definition) is 0. The maximum atomic E-state index is 13.6. The van der Waals surface area contributed by atoms with Gasteiger partial charge in [-0.1, -0.05) is 36.4 Å². The summed E-state index contributed by atoms with van der Waals surface area (Å²) >= 11 is 0. The average molecular weight is 442 g/mol. The number of aromatic nitrogens is 1. The molecular formula is C28H31N3O2. The van der Waals surface area contributed by atoms with Crippen LogP contribution in [-0.2, 0) is 11.3 Å². The van der Waals surface area contributed by atoms with Crippen LogP contribution in [0.4, 0.5) is 0 Å². The molecule has 0 aliphatic carbocycles.